The molecule has 1 aromatic rings. The molecular weight excluding hydrogens is 328 g/mol. The minimum absolute atomic E-state index is 0.0222. The number of hydrogen-bond donors (Lipinski definition) is 1. The van der Waals surface area contributed by atoms with Gasteiger partial charge < -0.3 is 14.8 Å². The number of carbonyl (C=O) groups excluding carboxylic acids is 2. The van der Waals surface area contributed by atoms with Crippen molar-refractivity contribution in [3.8, 4) is 0 Å². The quantitative estimate of drug-likeness (QED) is 0.350. The number of nitrogens with zero attached hydrogens (tertiary/aromatic N) is 1. The summed E-state index contributed by atoms with van der Waals surface area (Å²) in [5, 5.41) is 13.6. The maximum Gasteiger partial charge on any atom is 0.336 e. The molecule has 2 rings (SSSR count). The first-order chi connectivity index (χ1) is 11.9. The molecule has 1 heterocycles. The normalized spacial score (nSPS) is 17.2. The van der Waals surface area contributed by atoms with Crippen LogP contribution in [-0.4, -0.2) is 36.6 Å². The smallest absolute Gasteiger partial charge is 0.336 e. The van der Waals surface area contributed by atoms with Gasteiger partial charge in [-0.05, 0) is 19.4 Å². The second kappa shape index (κ2) is 8.39. The summed E-state index contributed by atoms with van der Waals surface area (Å²) in [6.07, 6.45) is 0.0222. The number of hydrogen-bond acceptors (Lipinski definition) is 6. The van der Waals surface area contributed by atoms with Gasteiger partial charge in [0.25, 0.3) is 5.69 Å². The summed E-state index contributed by atoms with van der Waals surface area (Å²) in [5.74, 6) is -1.40. The van der Waals surface area contributed by atoms with Gasteiger partial charge in [0.1, 0.15) is 6.61 Å². The van der Waals surface area contributed by atoms with Crippen molar-refractivity contribution in [1.82, 2.24) is 5.32 Å². The van der Waals surface area contributed by atoms with E-state index in [0.717, 1.165) is 0 Å². The van der Waals surface area contributed by atoms with Crippen molar-refractivity contribution in [1.29, 1.82) is 0 Å². The van der Waals surface area contributed by atoms with Crippen molar-refractivity contribution in [2.75, 3.05) is 19.8 Å². The molecule has 1 aliphatic rings. The van der Waals surface area contributed by atoms with Crippen molar-refractivity contribution in [2.45, 2.75) is 26.2 Å². The highest BCUT2D eigenvalue weighted by Gasteiger charge is 2.33. The number of ether oxygens (including phenoxy) is 2. The molecule has 1 N–H and O–H groups in total. The van der Waals surface area contributed by atoms with E-state index in [1.54, 1.807) is 13.0 Å². The van der Waals surface area contributed by atoms with E-state index in [9.17, 15) is 19.7 Å². The third-order valence-electron chi connectivity index (χ3n) is 3.84. The van der Waals surface area contributed by atoms with E-state index in [0.29, 0.717) is 23.4 Å². The van der Waals surface area contributed by atoms with Gasteiger partial charge in [0.2, 0.25) is 5.91 Å². The number of carbonyl (C=O) groups is 2. The molecule has 1 amide bonds. The highest BCUT2D eigenvalue weighted by atomic mass is 16.6. The fraction of sp³-hybridized carbons (Fsp3) is 0.412. The summed E-state index contributed by atoms with van der Waals surface area (Å²) >= 11 is 0. The van der Waals surface area contributed by atoms with Gasteiger partial charge in [0.15, 0.2) is 0 Å². The number of non-ortho nitro benzene ring substituents is 1. The lowest BCUT2D eigenvalue weighted by atomic mass is 9.84. The minimum atomic E-state index is -0.590. The van der Waals surface area contributed by atoms with Crippen LogP contribution < -0.4 is 5.32 Å². The molecule has 0 saturated carbocycles. The number of benzene rings is 1. The number of nitrogens with one attached hydrogen (secondary N) is 1. The summed E-state index contributed by atoms with van der Waals surface area (Å²) in [7, 11) is 0. The first kappa shape index (κ1) is 18.6. The van der Waals surface area contributed by atoms with E-state index < -0.39 is 16.8 Å². The Bertz CT molecular complexity index is 713. The molecule has 8 nitrogen and oxygen atoms in total. The Labute approximate surface area is 145 Å². The van der Waals surface area contributed by atoms with E-state index in [-0.39, 0.29) is 31.2 Å². The van der Waals surface area contributed by atoms with Gasteiger partial charge in [-0.2, -0.15) is 0 Å². The molecule has 0 fully saturated rings. The lowest BCUT2D eigenvalue weighted by molar-refractivity contribution is -0.384. The van der Waals surface area contributed by atoms with Crippen LogP contribution in [0.2, 0.25) is 0 Å². The number of nitro groups is 1. The fourth-order valence-electron chi connectivity index (χ4n) is 2.73. The number of esters is 1. The van der Waals surface area contributed by atoms with E-state index >= 15 is 0 Å². The second-order valence-electron chi connectivity index (χ2n) is 5.53. The average molecular weight is 348 g/mol. The van der Waals surface area contributed by atoms with Gasteiger partial charge in [-0.15, -0.1) is 0 Å². The van der Waals surface area contributed by atoms with E-state index in [1.165, 1.54) is 18.2 Å². The van der Waals surface area contributed by atoms with Crippen LogP contribution in [0.3, 0.4) is 0 Å². The van der Waals surface area contributed by atoms with Crippen LogP contribution in [0.1, 0.15) is 31.7 Å². The van der Waals surface area contributed by atoms with Crippen molar-refractivity contribution in [2.24, 2.45) is 0 Å². The van der Waals surface area contributed by atoms with Crippen LogP contribution in [0.25, 0.3) is 0 Å². The lowest BCUT2D eigenvalue weighted by Gasteiger charge is -2.26. The van der Waals surface area contributed by atoms with Gasteiger partial charge in [-0.3, -0.25) is 14.9 Å². The number of allylic oxidation sites excluding steroid dienone is 1. The van der Waals surface area contributed by atoms with Crippen molar-refractivity contribution in [3.05, 3.63) is 51.2 Å². The first-order valence-electron chi connectivity index (χ1n) is 7.93. The molecule has 0 aromatic heterocycles. The maximum absolute atomic E-state index is 12.5. The Hall–Kier alpha value is -2.74. The fourth-order valence-corrected chi connectivity index (χ4v) is 2.73. The summed E-state index contributed by atoms with van der Waals surface area (Å²) in [5.41, 5.74) is 1.14. The minimum Gasteiger partial charge on any atom is -0.460 e. The third kappa shape index (κ3) is 4.63. The third-order valence-corrected chi connectivity index (χ3v) is 3.84. The Morgan fingerprint density at radius 1 is 1.40 bits per heavy atom. The Balaban J connectivity index is 2.29. The van der Waals surface area contributed by atoms with Gasteiger partial charge in [0, 0.05) is 36.8 Å². The largest absolute Gasteiger partial charge is 0.460 e. The van der Waals surface area contributed by atoms with Crippen LogP contribution in [0.15, 0.2) is 35.5 Å². The molecule has 8 heteroatoms. The maximum atomic E-state index is 12.5. The molecule has 0 bridgehead atoms. The topological polar surface area (TPSA) is 108 Å². The molecule has 0 spiro atoms. The molecule has 0 radical (unpaired) electrons. The number of nitro benzene ring substituents is 1. The van der Waals surface area contributed by atoms with Gasteiger partial charge in [-0.25, -0.2) is 4.79 Å². The molecule has 25 heavy (non-hydrogen) atoms. The molecule has 0 unspecified atom stereocenters. The number of amides is 1. The molecule has 1 atom stereocenters. The standard InChI is InChI=1S/C17H20N2O6/c1-3-24-7-8-25-17(21)16-11(2)18-15(20)10-14(16)12-5-4-6-13(9-12)19(22)23/h4-6,9,14H,3,7-8,10H2,1-2H3,(H,18,20)/t14-/m1/s1. The predicted octanol–water partition coefficient (Wildman–Crippen LogP) is 2.05. The summed E-state index contributed by atoms with van der Waals surface area (Å²) < 4.78 is 10.3. The van der Waals surface area contributed by atoms with Gasteiger partial charge in [-0.1, -0.05) is 12.1 Å². The van der Waals surface area contributed by atoms with E-state index in [2.05, 4.69) is 5.32 Å². The molecule has 1 aromatic carbocycles. The molecule has 0 saturated heterocycles. The van der Waals surface area contributed by atoms with Crippen LogP contribution in [-0.2, 0) is 19.1 Å². The second-order valence-corrected chi connectivity index (χ2v) is 5.53. The van der Waals surface area contributed by atoms with Crippen molar-refractivity contribution < 1.29 is 24.0 Å². The molecule has 0 aliphatic carbocycles. The Morgan fingerprint density at radius 2 is 2.16 bits per heavy atom. The van der Waals surface area contributed by atoms with Crippen LogP contribution in [0.5, 0.6) is 0 Å². The monoisotopic (exact) mass is 348 g/mol. The van der Waals surface area contributed by atoms with Crippen molar-refractivity contribution >= 4 is 17.6 Å². The molecular formula is C17H20N2O6. The van der Waals surface area contributed by atoms with Gasteiger partial charge >= 0.3 is 5.97 Å². The first-order valence-corrected chi connectivity index (χ1v) is 7.93. The zero-order valence-electron chi connectivity index (χ0n) is 14.1. The molecule has 134 valence electrons. The van der Waals surface area contributed by atoms with Gasteiger partial charge in [0.05, 0.1) is 17.1 Å². The summed E-state index contributed by atoms with van der Waals surface area (Å²) in [4.78, 5) is 34.8. The highest BCUT2D eigenvalue weighted by molar-refractivity contribution is 5.95. The van der Waals surface area contributed by atoms with Crippen LogP contribution >= 0.6 is 0 Å². The van der Waals surface area contributed by atoms with E-state index in [1.807, 2.05) is 6.92 Å². The summed E-state index contributed by atoms with van der Waals surface area (Å²) in [6.45, 7) is 4.34. The van der Waals surface area contributed by atoms with Crippen molar-refractivity contribution in [3.63, 3.8) is 0 Å². The molecule has 1 aliphatic heterocycles. The van der Waals surface area contributed by atoms with E-state index in [4.69, 9.17) is 9.47 Å². The average Bonchev–Trinajstić information content (AvgIpc) is 2.58. The Morgan fingerprint density at radius 3 is 2.84 bits per heavy atom. The van der Waals surface area contributed by atoms with Crippen LogP contribution in [0, 0.1) is 10.1 Å². The van der Waals surface area contributed by atoms with Crippen LogP contribution in [0.4, 0.5) is 5.69 Å². The lowest BCUT2D eigenvalue weighted by Crippen LogP contribution is -2.34. The zero-order chi connectivity index (χ0) is 18.4. The predicted molar refractivity (Wildman–Crippen MR) is 88.7 cm³/mol. The summed E-state index contributed by atoms with van der Waals surface area (Å²) in [6, 6.07) is 5.94. The zero-order valence-corrected chi connectivity index (χ0v) is 14.1. The SMILES string of the molecule is CCOCCOC(=O)C1=C(C)NC(=O)C[C@@H]1c1cccc([N+](=O)[O-])c1. The number of rotatable bonds is 7. The Kier molecular flexibility index (Phi) is 6.24. The highest BCUT2D eigenvalue weighted by Crippen LogP contribution is 2.34.